The summed E-state index contributed by atoms with van der Waals surface area (Å²) < 4.78 is 59.3. The molecule has 2 atom stereocenters. The summed E-state index contributed by atoms with van der Waals surface area (Å²) in [6.45, 7) is 0. The number of ether oxygens (including phenoxy) is 1. The van der Waals surface area contributed by atoms with E-state index in [0.29, 0.717) is 36.3 Å². The van der Waals surface area contributed by atoms with Crippen LogP contribution in [0.1, 0.15) is 25.7 Å². The summed E-state index contributed by atoms with van der Waals surface area (Å²) in [4.78, 5) is 0.497. The lowest BCUT2D eigenvalue weighted by molar-refractivity contribution is 0.249. The highest BCUT2D eigenvalue weighted by atomic mass is 32.2. The molecular weight excluding hydrogens is 398 g/mol. The van der Waals surface area contributed by atoms with Gasteiger partial charge in [0.05, 0.1) is 22.2 Å². The largest absolute Gasteiger partial charge is 0.497 e. The highest BCUT2D eigenvalue weighted by Crippen LogP contribution is 2.43. The SMILES string of the molecule is COc1cccc(S(=O)(=O)N2C3CCC2CC(S(=O)(=O)c2ccccc2)C3)c1. The Balaban J connectivity index is 1.62. The van der Waals surface area contributed by atoms with Gasteiger partial charge in [0.15, 0.2) is 9.84 Å². The molecule has 0 radical (unpaired) electrons. The Labute approximate surface area is 166 Å². The first-order valence-corrected chi connectivity index (χ1v) is 12.3. The summed E-state index contributed by atoms with van der Waals surface area (Å²) in [5.41, 5.74) is 0. The quantitative estimate of drug-likeness (QED) is 0.742. The second-order valence-electron chi connectivity index (χ2n) is 7.35. The van der Waals surface area contributed by atoms with Gasteiger partial charge in [-0.2, -0.15) is 4.31 Å². The van der Waals surface area contributed by atoms with Gasteiger partial charge in [-0.05, 0) is 49.9 Å². The Morgan fingerprint density at radius 2 is 1.46 bits per heavy atom. The van der Waals surface area contributed by atoms with Gasteiger partial charge in [0.25, 0.3) is 0 Å². The van der Waals surface area contributed by atoms with Crippen LogP contribution in [0.3, 0.4) is 0 Å². The molecular formula is C20H23NO5S2. The number of sulfonamides is 1. The van der Waals surface area contributed by atoms with Crippen LogP contribution in [0, 0.1) is 0 Å². The molecule has 2 unspecified atom stereocenters. The fourth-order valence-corrected chi connectivity index (χ4v) is 8.22. The van der Waals surface area contributed by atoms with E-state index in [1.807, 2.05) is 0 Å². The molecule has 2 fully saturated rings. The topological polar surface area (TPSA) is 80.8 Å². The molecule has 0 amide bonds. The van der Waals surface area contributed by atoms with E-state index in [1.54, 1.807) is 52.8 Å². The minimum Gasteiger partial charge on any atom is -0.497 e. The monoisotopic (exact) mass is 421 g/mol. The fraction of sp³-hybridized carbons (Fsp3) is 0.400. The van der Waals surface area contributed by atoms with Crippen molar-refractivity contribution < 1.29 is 21.6 Å². The second kappa shape index (κ2) is 7.17. The molecule has 0 saturated carbocycles. The Bertz CT molecular complexity index is 1050. The van der Waals surface area contributed by atoms with Gasteiger partial charge in [-0.3, -0.25) is 0 Å². The summed E-state index contributed by atoms with van der Waals surface area (Å²) in [6, 6.07) is 14.3. The zero-order valence-electron chi connectivity index (χ0n) is 15.6. The predicted molar refractivity (Wildman–Crippen MR) is 105 cm³/mol. The van der Waals surface area contributed by atoms with Gasteiger partial charge in [0.1, 0.15) is 5.75 Å². The maximum Gasteiger partial charge on any atom is 0.243 e. The Kier molecular flexibility index (Phi) is 4.97. The number of methoxy groups -OCH3 is 1. The van der Waals surface area contributed by atoms with E-state index in [1.165, 1.54) is 13.2 Å². The standard InChI is InChI=1S/C20H23NO5S2/c1-26-17-6-5-9-19(14-17)28(24,25)21-15-10-11-16(21)13-20(12-15)27(22,23)18-7-3-2-4-8-18/h2-9,14-16,20H,10-13H2,1H3. The lowest BCUT2D eigenvalue weighted by Crippen LogP contribution is -2.49. The molecule has 2 bridgehead atoms. The molecule has 2 heterocycles. The van der Waals surface area contributed by atoms with Crippen LogP contribution >= 0.6 is 0 Å². The minimum atomic E-state index is -3.71. The lowest BCUT2D eigenvalue weighted by Gasteiger charge is -2.37. The van der Waals surface area contributed by atoms with Crippen molar-refractivity contribution in [3.8, 4) is 5.75 Å². The number of hydrogen-bond acceptors (Lipinski definition) is 5. The van der Waals surface area contributed by atoms with Crippen molar-refractivity contribution in [2.45, 2.75) is 52.8 Å². The van der Waals surface area contributed by atoms with Gasteiger partial charge in [-0.1, -0.05) is 24.3 Å². The molecule has 2 saturated heterocycles. The van der Waals surface area contributed by atoms with Gasteiger partial charge in [0, 0.05) is 18.2 Å². The molecule has 28 heavy (non-hydrogen) atoms. The minimum absolute atomic E-state index is 0.188. The number of piperidine rings is 1. The number of rotatable bonds is 5. The smallest absolute Gasteiger partial charge is 0.243 e. The number of nitrogens with zero attached hydrogens (tertiary/aromatic N) is 1. The average molecular weight is 422 g/mol. The second-order valence-corrected chi connectivity index (χ2v) is 11.4. The number of sulfone groups is 1. The molecule has 150 valence electrons. The Morgan fingerprint density at radius 3 is 2.07 bits per heavy atom. The predicted octanol–water partition coefficient (Wildman–Crippen LogP) is 2.85. The molecule has 2 aromatic rings. The summed E-state index contributed by atoms with van der Waals surface area (Å²) in [6.07, 6.45) is 2.04. The molecule has 6 nitrogen and oxygen atoms in total. The molecule has 0 aliphatic carbocycles. The van der Waals surface area contributed by atoms with E-state index in [9.17, 15) is 16.8 Å². The maximum absolute atomic E-state index is 13.3. The Morgan fingerprint density at radius 1 is 0.857 bits per heavy atom. The van der Waals surface area contributed by atoms with Crippen LogP contribution in [-0.2, 0) is 19.9 Å². The first-order valence-electron chi connectivity index (χ1n) is 9.30. The van der Waals surface area contributed by atoms with E-state index in [0.717, 1.165) is 0 Å². The van der Waals surface area contributed by atoms with Gasteiger partial charge in [-0.15, -0.1) is 0 Å². The van der Waals surface area contributed by atoms with Crippen molar-refractivity contribution in [2.75, 3.05) is 7.11 Å². The zero-order valence-corrected chi connectivity index (χ0v) is 17.2. The van der Waals surface area contributed by atoms with Gasteiger partial charge in [-0.25, -0.2) is 16.8 Å². The van der Waals surface area contributed by atoms with Gasteiger partial charge >= 0.3 is 0 Å². The van der Waals surface area contributed by atoms with Crippen LogP contribution in [0.2, 0.25) is 0 Å². The summed E-state index contributed by atoms with van der Waals surface area (Å²) in [7, 11) is -5.68. The maximum atomic E-state index is 13.3. The molecule has 0 N–H and O–H groups in total. The number of fused-ring (bicyclic) bond motifs is 2. The third kappa shape index (κ3) is 3.23. The van der Waals surface area contributed by atoms with E-state index in [4.69, 9.17) is 4.74 Å². The molecule has 0 aromatic heterocycles. The average Bonchev–Trinajstić information content (AvgIpc) is 2.99. The van der Waals surface area contributed by atoms with Crippen molar-refractivity contribution in [1.82, 2.24) is 4.31 Å². The van der Waals surface area contributed by atoms with Crippen LogP contribution in [-0.4, -0.2) is 45.6 Å². The third-order valence-electron chi connectivity index (χ3n) is 5.75. The van der Waals surface area contributed by atoms with Crippen LogP contribution in [0.4, 0.5) is 0 Å². The lowest BCUT2D eigenvalue weighted by atomic mass is 10.1. The summed E-state index contributed by atoms with van der Waals surface area (Å²) in [5.74, 6) is 0.481. The first-order chi connectivity index (χ1) is 13.3. The number of benzene rings is 2. The van der Waals surface area contributed by atoms with Crippen LogP contribution in [0.15, 0.2) is 64.4 Å². The molecule has 4 rings (SSSR count). The fourth-order valence-electron chi connectivity index (χ4n) is 4.42. The first kappa shape index (κ1) is 19.4. The highest BCUT2D eigenvalue weighted by Gasteiger charge is 2.50. The summed E-state index contributed by atoms with van der Waals surface area (Å²) >= 11 is 0. The van der Waals surface area contributed by atoms with E-state index < -0.39 is 25.1 Å². The van der Waals surface area contributed by atoms with Crippen molar-refractivity contribution >= 4 is 19.9 Å². The Hall–Kier alpha value is -1.90. The molecule has 0 spiro atoms. The van der Waals surface area contributed by atoms with Gasteiger partial charge in [0.2, 0.25) is 10.0 Å². The van der Waals surface area contributed by atoms with E-state index in [2.05, 4.69) is 0 Å². The normalized spacial score (nSPS) is 25.5. The molecule has 2 aliphatic rings. The molecule has 2 aliphatic heterocycles. The highest BCUT2D eigenvalue weighted by molar-refractivity contribution is 7.92. The van der Waals surface area contributed by atoms with Crippen molar-refractivity contribution in [1.29, 1.82) is 0 Å². The third-order valence-corrected chi connectivity index (χ3v) is 9.94. The van der Waals surface area contributed by atoms with Crippen LogP contribution in [0.5, 0.6) is 5.75 Å². The van der Waals surface area contributed by atoms with E-state index >= 15 is 0 Å². The number of hydrogen-bond donors (Lipinski definition) is 0. The van der Waals surface area contributed by atoms with E-state index in [-0.39, 0.29) is 17.0 Å². The molecule has 8 heteroatoms. The van der Waals surface area contributed by atoms with Crippen LogP contribution < -0.4 is 4.74 Å². The van der Waals surface area contributed by atoms with Gasteiger partial charge < -0.3 is 4.74 Å². The summed E-state index contributed by atoms with van der Waals surface area (Å²) in [5, 5.41) is -0.552. The van der Waals surface area contributed by atoms with Crippen molar-refractivity contribution in [2.24, 2.45) is 0 Å². The van der Waals surface area contributed by atoms with Crippen molar-refractivity contribution in [3.05, 3.63) is 54.6 Å². The zero-order chi connectivity index (χ0) is 19.9. The van der Waals surface area contributed by atoms with Crippen molar-refractivity contribution in [3.63, 3.8) is 0 Å². The van der Waals surface area contributed by atoms with Crippen LogP contribution in [0.25, 0.3) is 0 Å². The molecule has 2 aromatic carbocycles.